The fraction of sp³-hybridized carbons (Fsp3) is 0.211. The number of hydrogen-bond acceptors (Lipinski definition) is 3. The monoisotopic (exact) mass is 339 g/mol. The topological polar surface area (TPSA) is 87.3 Å². The van der Waals surface area contributed by atoms with Gasteiger partial charge in [-0.2, -0.15) is 0 Å². The van der Waals surface area contributed by atoms with Crippen LogP contribution >= 0.6 is 0 Å². The molecule has 0 radical (unpaired) electrons. The minimum absolute atomic E-state index is 0.165. The standard InChI is InChI=1S/C19H21N3O3/c1-13-3-5-15(6-4-13)18(24)20-11-12-21-19(25)16-7-9-17(10-8-16)22-14(2)23/h3-10H,11-12H2,1-2H3,(H,20,24)(H,21,25)(H,22,23). The molecular formula is C19H21N3O3. The van der Waals surface area contributed by atoms with E-state index in [1.807, 2.05) is 19.1 Å². The Morgan fingerprint density at radius 2 is 1.20 bits per heavy atom. The highest BCUT2D eigenvalue weighted by atomic mass is 16.2. The van der Waals surface area contributed by atoms with Crippen LogP contribution in [0.5, 0.6) is 0 Å². The second-order valence-electron chi connectivity index (χ2n) is 5.64. The third-order valence-electron chi connectivity index (χ3n) is 3.48. The summed E-state index contributed by atoms with van der Waals surface area (Å²) in [6.07, 6.45) is 0. The maximum absolute atomic E-state index is 12.0. The Bertz CT molecular complexity index is 752. The van der Waals surface area contributed by atoms with Crippen molar-refractivity contribution in [2.24, 2.45) is 0 Å². The first-order chi connectivity index (χ1) is 12.0. The SMILES string of the molecule is CC(=O)Nc1ccc(C(=O)NCCNC(=O)c2ccc(C)cc2)cc1. The lowest BCUT2D eigenvalue weighted by Crippen LogP contribution is -2.34. The van der Waals surface area contributed by atoms with Gasteiger partial charge in [0.25, 0.3) is 11.8 Å². The minimum Gasteiger partial charge on any atom is -0.350 e. The van der Waals surface area contributed by atoms with Crippen molar-refractivity contribution in [3.8, 4) is 0 Å². The van der Waals surface area contributed by atoms with Gasteiger partial charge in [-0.3, -0.25) is 14.4 Å². The molecule has 0 heterocycles. The summed E-state index contributed by atoms with van der Waals surface area (Å²) in [6.45, 7) is 4.04. The van der Waals surface area contributed by atoms with Crippen molar-refractivity contribution in [2.45, 2.75) is 13.8 Å². The summed E-state index contributed by atoms with van der Waals surface area (Å²) in [7, 11) is 0. The molecule has 2 aromatic carbocycles. The molecule has 130 valence electrons. The van der Waals surface area contributed by atoms with Gasteiger partial charge in [0.05, 0.1) is 0 Å². The normalized spacial score (nSPS) is 10.0. The average Bonchev–Trinajstić information content (AvgIpc) is 2.59. The van der Waals surface area contributed by atoms with Crippen LogP contribution in [0.2, 0.25) is 0 Å². The van der Waals surface area contributed by atoms with E-state index >= 15 is 0 Å². The predicted molar refractivity (Wildman–Crippen MR) is 96.6 cm³/mol. The van der Waals surface area contributed by atoms with Gasteiger partial charge in [0.1, 0.15) is 0 Å². The molecule has 0 saturated carbocycles. The molecule has 0 atom stereocenters. The molecule has 0 fully saturated rings. The zero-order valence-corrected chi connectivity index (χ0v) is 14.3. The van der Waals surface area contributed by atoms with Gasteiger partial charge in [-0.15, -0.1) is 0 Å². The fourth-order valence-corrected chi connectivity index (χ4v) is 2.17. The largest absolute Gasteiger partial charge is 0.350 e. The molecule has 0 aliphatic heterocycles. The fourth-order valence-electron chi connectivity index (χ4n) is 2.17. The van der Waals surface area contributed by atoms with Crippen molar-refractivity contribution in [1.29, 1.82) is 0 Å². The van der Waals surface area contributed by atoms with Crippen molar-refractivity contribution in [3.63, 3.8) is 0 Å². The predicted octanol–water partition coefficient (Wildman–Crippen LogP) is 2.11. The number of hydrogen-bond donors (Lipinski definition) is 3. The number of rotatable bonds is 6. The lowest BCUT2D eigenvalue weighted by atomic mass is 10.1. The Morgan fingerprint density at radius 1 is 0.760 bits per heavy atom. The maximum atomic E-state index is 12.0. The molecule has 0 aliphatic carbocycles. The van der Waals surface area contributed by atoms with Gasteiger partial charge in [-0.1, -0.05) is 17.7 Å². The molecule has 0 spiro atoms. The van der Waals surface area contributed by atoms with Crippen LogP contribution < -0.4 is 16.0 Å². The highest BCUT2D eigenvalue weighted by Crippen LogP contribution is 2.09. The van der Waals surface area contributed by atoms with Crippen LogP contribution in [0, 0.1) is 6.92 Å². The van der Waals surface area contributed by atoms with E-state index in [4.69, 9.17) is 0 Å². The Balaban J connectivity index is 1.75. The third kappa shape index (κ3) is 5.76. The van der Waals surface area contributed by atoms with Gasteiger partial charge in [0.2, 0.25) is 5.91 Å². The van der Waals surface area contributed by atoms with Crippen LogP contribution in [0.3, 0.4) is 0 Å². The number of anilines is 1. The van der Waals surface area contributed by atoms with E-state index in [0.29, 0.717) is 29.9 Å². The lowest BCUT2D eigenvalue weighted by molar-refractivity contribution is -0.114. The smallest absolute Gasteiger partial charge is 0.251 e. The quantitative estimate of drug-likeness (QED) is 0.705. The van der Waals surface area contributed by atoms with Crippen LogP contribution in [0.1, 0.15) is 33.2 Å². The van der Waals surface area contributed by atoms with E-state index in [2.05, 4.69) is 16.0 Å². The van der Waals surface area contributed by atoms with E-state index in [0.717, 1.165) is 5.56 Å². The van der Waals surface area contributed by atoms with Crippen molar-refractivity contribution in [3.05, 3.63) is 65.2 Å². The average molecular weight is 339 g/mol. The van der Waals surface area contributed by atoms with Crippen LogP contribution in [-0.4, -0.2) is 30.8 Å². The van der Waals surface area contributed by atoms with Crippen LogP contribution in [-0.2, 0) is 4.79 Å². The Morgan fingerprint density at radius 3 is 1.64 bits per heavy atom. The number of nitrogens with one attached hydrogen (secondary N) is 3. The molecule has 2 aromatic rings. The van der Waals surface area contributed by atoms with Gasteiger partial charge < -0.3 is 16.0 Å². The summed E-state index contributed by atoms with van der Waals surface area (Å²) in [6, 6.07) is 13.9. The summed E-state index contributed by atoms with van der Waals surface area (Å²) in [4.78, 5) is 34.9. The van der Waals surface area contributed by atoms with Crippen molar-refractivity contribution in [2.75, 3.05) is 18.4 Å². The summed E-state index contributed by atoms with van der Waals surface area (Å²) in [5, 5.41) is 8.13. The van der Waals surface area contributed by atoms with Gasteiger partial charge in [0.15, 0.2) is 0 Å². The second kappa shape index (κ2) is 8.63. The molecule has 6 heteroatoms. The van der Waals surface area contributed by atoms with E-state index in [-0.39, 0.29) is 17.7 Å². The first-order valence-corrected chi connectivity index (χ1v) is 7.96. The maximum Gasteiger partial charge on any atom is 0.251 e. The van der Waals surface area contributed by atoms with Gasteiger partial charge in [0, 0.05) is 36.8 Å². The zero-order chi connectivity index (χ0) is 18.2. The Labute approximate surface area is 146 Å². The van der Waals surface area contributed by atoms with E-state index in [1.54, 1.807) is 36.4 Å². The molecule has 0 bridgehead atoms. The van der Waals surface area contributed by atoms with Crippen molar-refractivity contribution < 1.29 is 14.4 Å². The molecule has 0 unspecified atom stereocenters. The second-order valence-corrected chi connectivity index (χ2v) is 5.64. The first-order valence-electron chi connectivity index (χ1n) is 7.96. The van der Waals surface area contributed by atoms with Gasteiger partial charge >= 0.3 is 0 Å². The molecule has 25 heavy (non-hydrogen) atoms. The van der Waals surface area contributed by atoms with Gasteiger partial charge in [-0.25, -0.2) is 0 Å². The molecule has 3 amide bonds. The van der Waals surface area contributed by atoms with E-state index < -0.39 is 0 Å². The third-order valence-corrected chi connectivity index (χ3v) is 3.48. The van der Waals surface area contributed by atoms with E-state index in [9.17, 15) is 14.4 Å². The van der Waals surface area contributed by atoms with Crippen LogP contribution in [0.4, 0.5) is 5.69 Å². The Hall–Kier alpha value is -3.15. The van der Waals surface area contributed by atoms with E-state index in [1.165, 1.54) is 6.92 Å². The summed E-state index contributed by atoms with van der Waals surface area (Å²) >= 11 is 0. The number of amides is 3. The minimum atomic E-state index is -0.237. The number of carbonyl (C=O) groups excluding carboxylic acids is 3. The van der Waals surface area contributed by atoms with Crippen molar-refractivity contribution >= 4 is 23.4 Å². The summed E-state index contributed by atoms with van der Waals surface area (Å²) in [5.74, 6) is -0.575. The Kier molecular flexibility index (Phi) is 6.28. The highest BCUT2D eigenvalue weighted by Gasteiger charge is 2.07. The number of carbonyl (C=O) groups is 3. The molecule has 0 aromatic heterocycles. The summed E-state index contributed by atoms with van der Waals surface area (Å²) in [5.41, 5.74) is 2.80. The molecule has 0 aliphatic rings. The highest BCUT2D eigenvalue weighted by molar-refractivity contribution is 5.96. The van der Waals surface area contributed by atoms with Crippen molar-refractivity contribution in [1.82, 2.24) is 10.6 Å². The first kappa shape index (κ1) is 18.2. The molecular weight excluding hydrogens is 318 g/mol. The summed E-state index contributed by atoms with van der Waals surface area (Å²) < 4.78 is 0. The lowest BCUT2D eigenvalue weighted by Gasteiger charge is -2.08. The van der Waals surface area contributed by atoms with Crippen LogP contribution in [0.25, 0.3) is 0 Å². The molecule has 6 nitrogen and oxygen atoms in total. The zero-order valence-electron chi connectivity index (χ0n) is 14.3. The molecule has 0 saturated heterocycles. The van der Waals surface area contributed by atoms with Crippen LogP contribution in [0.15, 0.2) is 48.5 Å². The molecule has 2 rings (SSSR count). The number of benzene rings is 2. The number of aryl methyl sites for hydroxylation is 1. The van der Waals surface area contributed by atoms with Gasteiger partial charge in [-0.05, 0) is 43.3 Å². The molecule has 3 N–H and O–H groups in total.